The SMILES string of the molecule is CCNC(=NCC1(SC)CCOCC1)NC1CCCN(Cc2c(F)cccc2F)C1.I. The van der Waals surface area contributed by atoms with E-state index in [-0.39, 0.29) is 40.3 Å². The summed E-state index contributed by atoms with van der Waals surface area (Å²) in [6, 6.07) is 4.26. The van der Waals surface area contributed by atoms with Gasteiger partial charge in [0.1, 0.15) is 11.6 Å². The summed E-state index contributed by atoms with van der Waals surface area (Å²) in [5, 5.41) is 6.91. The number of guanidine groups is 1. The average molecular weight is 569 g/mol. The molecule has 9 heteroatoms. The van der Waals surface area contributed by atoms with Crippen LogP contribution in [-0.4, -0.2) is 67.3 Å². The number of benzene rings is 1. The maximum atomic E-state index is 14.0. The molecule has 2 fully saturated rings. The van der Waals surface area contributed by atoms with Crippen molar-refractivity contribution >= 4 is 41.7 Å². The number of likely N-dealkylation sites (tertiary alicyclic amines) is 1. The monoisotopic (exact) mass is 568 g/mol. The molecule has 0 aromatic heterocycles. The first-order valence-corrected chi connectivity index (χ1v) is 12.1. The molecular weight excluding hydrogens is 533 g/mol. The maximum Gasteiger partial charge on any atom is 0.191 e. The van der Waals surface area contributed by atoms with Gasteiger partial charge in [-0.05, 0) is 57.5 Å². The number of aliphatic imine (C=N–C) groups is 1. The van der Waals surface area contributed by atoms with Gasteiger partial charge in [0.2, 0.25) is 0 Å². The Morgan fingerprint density at radius 3 is 2.65 bits per heavy atom. The molecule has 0 saturated carbocycles. The Labute approximate surface area is 206 Å². The molecule has 1 aromatic rings. The van der Waals surface area contributed by atoms with Gasteiger partial charge in [-0.15, -0.1) is 24.0 Å². The average Bonchev–Trinajstić information content (AvgIpc) is 2.76. The van der Waals surface area contributed by atoms with Crippen LogP contribution < -0.4 is 10.6 Å². The fourth-order valence-electron chi connectivity index (χ4n) is 4.13. The van der Waals surface area contributed by atoms with Crippen LogP contribution in [0.1, 0.15) is 38.2 Å². The Bertz CT molecular complexity index is 699. The van der Waals surface area contributed by atoms with E-state index < -0.39 is 11.6 Å². The number of ether oxygens (including phenoxy) is 1. The van der Waals surface area contributed by atoms with Gasteiger partial charge in [-0.3, -0.25) is 9.89 Å². The lowest BCUT2D eigenvalue weighted by Crippen LogP contribution is -2.51. The van der Waals surface area contributed by atoms with Gasteiger partial charge in [0.25, 0.3) is 0 Å². The summed E-state index contributed by atoms with van der Waals surface area (Å²) in [5.74, 6) is -0.126. The Morgan fingerprint density at radius 2 is 2.00 bits per heavy atom. The van der Waals surface area contributed by atoms with Crippen molar-refractivity contribution in [3.63, 3.8) is 0 Å². The number of halogens is 3. The van der Waals surface area contributed by atoms with Crippen LogP contribution in [0.25, 0.3) is 0 Å². The molecule has 1 atom stereocenters. The molecule has 2 saturated heterocycles. The Morgan fingerprint density at radius 1 is 1.29 bits per heavy atom. The summed E-state index contributed by atoms with van der Waals surface area (Å²) in [7, 11) is 0. The van der Waals surface area contributed by atoms with E-state index >= 15 is 0 Å². The Balaban J connectivity index is 0.00000341. The second kappa shape index (κ2) is 13.2. The van der Waals surface area contributed by atoms with Crippen LogP contribution in [0.5, 0.6) is 0 Å². The number of thioether (sulfide) groups is 1. The van der Waals surface area contributed by atoms with E-state index in [0.717, 1.165) is 71.0 Å². The molecule has 31 heavy (non-hydrogen) atoms. The van der Waals surface area contributed by atoms with Crippen LogP contribution in [0, 0.1) is 11.6 Å². The van der Waals surface area contributed by atoms with Crippen LogP contribution in [0.4, 0.5) is 8.78 Å². The molecule has 3 rings (SSSR count). The molecule has 0 bridgehead atoms. The number of nitrogens with one attached hydrogen (secondary N) is 2. The number of hydrogen-bond acceptors (Lipinski definition) is 4. The van der Waals surface area contributed by atoms with E-state index in [0.29, 0.717) is 6.54 Å². The molecule has 0 spiro atoms. The predicted molar refractivity (Wildman–Crippen MR) is 135 cm³/mol. The quantitative estimate of drug-likeness (QED) is 0.296. The molecule has 0 amide bonds. The molecule has 0 radical (unpaired) electrons. The van der Waals surface area contributed by atoms with Crippen LogP contribution in [-0.2, 0) is 11.3 Å². The molecule has 1 unspecified atom stereocenters. The lowest BCUT2D eigenvalue weighted by molar-refractivity contribution is 0.0794. The summed E-state index contributed by atoms with van der Waals surface area (Å²) in [5.41, 5.74) is 0.153. The van der Waals surface area contributed by atoms with Crippen LogP contribution >= 0.6 is 35.7 Å². The van der Waals surface area contributed by atoms with E-state index in [1.165, 1.54) is 18.2 Å². The van der Waals surface area contributed by atoms with Crippen molar-refractivity contribution in [1.29, 1.82) is 0 Å². The minimum atomic E-state index is -0.473. The van der Waals surface area contributed by atoms with E-state index in [2.05, 4.69) is 28.7 Å². The molecule has 2 aliphatic rings. The van der Waals surface area contributed by atoms with Gasteiger partial charge in [0.15, 0.2) is 5.96 Å². The maximum absolute atomic E-state index is 14.0. The lowest BCUT2D eigenvalue weighted by Gasteiger charge is -2.35. The van der Waals surface area contributed by atoms with Gasteiger partial charge in [-0.1, -0.05) is 6.07 Å². The second-order valence-electron chi connectivity index (χ2n) is 8.11. The van der Waals surface area contributed by atoms with Gasteiger partial charge in [-0.2, -0.15) is 11.8 Å². The number of nitrogens with zero attached hydrogens (tertiary/aromatic N) is 2. The molecule has 2 aliphatic heterocycles. The van der Waals surface area contributed by atoms with Gasteiger partial charge >= 0.3 is 0 Å². The highest BCUT2D eigenvalue weighted by atomic mass is 127. The topological polar surface area (TPSA) is 48.9 Å². The first-order valence-electron chi connectivity index (χ1n) is 10.9. The summed E-state index contributed by atoms with van der Waals surface area (Å²) >= 11 is 1.88. The summed E-state index contributed by atoms with van der Waals surface area (Å²) in [6.07, 6.45) is 6.19. The van der Waals surface area contributed by atoms with Gasteiger partial charge in [-0.25, -0.2) is 8.78 Å². The first kappa shape index (κ1) is 26.6. The van der Waals surface area contributed by atoms with E-state index in [1.54, 1.807) is 0 Å². The van der Waals surface area contributed by atoms with Crippen molar-refractivity contribution < 1.29 is 13.5 Å². The molecule has 2 heterocycles. The van der Waals surface area contributed by atoms with Crippen LogP contribution in [0.2, 0.25) is 0 Å². The van der Waals surface area contributed by atoms with Crippen molar-refractivity contribution in [3.8, 4) is 0 Å². The van der Waals surface area contributed by atoms with E-state index in [9.17, 15) is 8.78 Å². The highest BCUT2D eigenvalue weighted by molar-refractivity contribution is 14.0. The molecule has 0 aliphatic carbocycles. The van der Waals surface area contributed by atoms with Gasteiger partial charge in [0, 0.05) is 49.2 Å². The molecule has 176 valence electrons. The zero-order chi connectivity index (χ0) is 21.4. The normalized spacial score (nSPS) is 21.9. The predicted octanol–water partition coefficient (Wildman–Crippen LogP) is 4.01. The molecule has 1 aromatic carbocycles. The number of piperidine rings is 1. The number of hydrogen-bond donors (Lipinski definition) is 2. The molecule has 5 nitrogen and oxygen atoms in total. The second-order valence-corrected chi connectivity index (χ2v) is 9.39. The molecular formula is C22H35F2IN4OS. The molecule has 2 N–H and O–H groups in total. The third-order valence-electron chi connectivity index (χ3n) is 6.00. The Kier molecular flexibility index (Phi) is 11.3. The standard InChI is InChI=1S/C22H34F2N4OS.HI/c1-3-25-21(26-16-22(30-2)9-12-29-13-10-22)27-17-6-5-11-28(14-17)15-18-19(23)7-4-8-20(18)24;/h4,7-8,17H,3,5-6,9-16H2,1-2H3,(H2,25,26,27);1H. The van der Waals surface area contributed by atoms with Crippen molar-refractivity contribution in [3.05, 3.63) is 35.4 Å². The van der Waals surface area contributed by atoms with Crippen molar-refractivity contribution in [1.82, 2.24) is 15.5 Å². The fourth-order valence-corrected chi connectivity index (χ4v) is 4.90. The van der Waals surface area contributed by atoms with E-state index in [4.69, 9.17) is 9.73 Å². The zero-order valence-corrected chi connectivity index (χ0v) is 21.6. The van der Waals surface area contributed by atoms with Crippen LogP contribution in [0.15, 0.2) is 23.2 Å². The van der Waals surface area contributed by atoms with Crippen molar-refractivity contribution in [2.24, 2.45) is 4.99 Å². The number of rotatable bonds is 7. The van der Waals surface area contributed by atoms with Crippen LogP contribution in [0.3, 0.4) is 0 Å². The van der Waals surface area contributed by atoms with E-state index in [1.807, 2.05) is 11.8 Å². The van der Waals surface area contributed by atoms with Crippen molar-refractivity contribution in [2.75, 3.05) is 45.6 Å². The smallest absolute Gasteiger partial charge is 0.191 e. The first-order chi connectivity index (χ1) is 14.5. The zero-order valence-electron chi connectivity index (χ0n) is 18.5. The van der Waals surface area contributed by atoms with Gasteiger partial charge < -0.3 is 15.4 Å². The largest absolute Gasteiger partial charge is 0.381 e. The summed E-state index contributed by atoms with van der Waals surface area (Å²) < 4.78 is 33.7. The van der Waals surface area contributed by atoms with Gasteiger partial charge in [0.05, 0.1) is 6.54 Å². The highest BCUT2D eigenvalue weighted by Crippen LogP contribution is 2.34. The highest BCUT2D eigenvalue weighted by Gasteiger charge is 2.32. The third-order valence-corrected chi connectivity index (χ3v) is 7.40. The summed E-state index contributed by atoms with van der Waals surface area (Å²) in [6.45, 7) is 7.07. The van der Waals surface area contributed by atoms with Crippen molar-refractivity contribution in [2.45, 2.75) is 49.9 Å². The fraction of sp³-hybridized carbons (Fsp3) is 0.682. The lowest BCUT2D eigenvalue weighted by atomic mass is 9.99. The Hall–Kier alpha value is -0.650. The third kappa shape index (κ3) is 7.71. The summed E-state index contributed by atoms with van der Waals surface area (Å²) in [4.78, 5) is 7.01. The minimum absolute atomic E-state index is 0. The minimum Gasteiger partial charge on any atom is -0.381 e.